The van der Waals surface area contributed by atoms with Gasteiger partial charge in [-0.3, -0.25) is 4.55 Å². The van der Waals surface area contributed by atoms with Crippen LogP contribution in [0.1, 0.15) is 0 Å². The Balaban J connectivity index is 2.95. The lowest BCUT2D eigenvalue weighted by molar-refractivity contribution is 0.474. The predicted octanol–water partition coefficient (Wildman–Crippen LogP) is 1.34. The molecular weight excluding hydrogens is 228 g/mol. The van der Waals surface area contributed by atoms with Crippen molar-refractivity contribution in [2.24, 2.45) is 0 Å². The maximum absolute atomic E-state index is 10.9. The smallest absolute Gasteiger partial charge is 0.269 e. The summed E-state index contributed by atoms with van der Waals surface area (Å²) in [6.45, 7) is 0. The molecule has 74 valence electrons. The predicted molar refractivity (Wildman–Crippen MR) is 51.7 cm³/mol. The minimum atomic E-state index is -4.39. The molecule has 2 rings (SSSR count). The summed E-state index contributed by atoms with van der Waals surface area (Å²) in [5.74, 6) is 0. The van der Waals surface area contributed by atoms with Crippen LogP contribution in [0.3, 0.4) is 0 Å². The summed E-state index contributed by atoms with van der Waals surface area (Å²) in [6.07, 6.45) is 0. The van der Waals surface area contributed by atoms with Gasteiger partial charge in [0.25, 0.3) is 0 Å². The van der Waals surface area contributed by atoms with Gasteiger partial charge in [0, 0.05) is 0 Å². The summed E-state index contributed by atoms with van der Waals surface area (Å²) in [5.41, 5.74) is 0.662. The molecule has 7 heteroatoms. The lowest BCUT2D eigenvalue weighted by Crippen LogP contribution is -2.10. The minimum Gasteiger partial charge on any atom is -0.269 e. The van der Waals surface area contributed by atoms with Gasteiger partial charge in [-0.25, -0.2) is 4.98 Å². The second-order valence-corrected chi connectivity index (χ2v) is 4.21. The molecule has 0 saturated heterocycles. The van der Waals surface area contributed by atoms with Gasteiger partial charge < -0.3 is 0 Å². The van der Waals surface area contributed by atoms with Crippen LogP contribution in [0.15, 0.2) is 24.3 Å². The highest BCUT2D eigenvalue weighted by atomic mass is 35.5. The number of aromatic nitrogens is 2. The lowest BCUT2D eigenvalue weighted by atomic mass is 10.3. The zero-order valence-corrected chi connectivity index (χ0v) is 8.33. The van der Waals surface area contributed by atoms with Gasteiger partial charge in [-0.2, -0.15) is 12.4 Å². The van der Waals surface area contributed by atoms with Crippen molar-refractivity contribution in [3.63, 3.8) is 0 Å². The molecule has 0 aliphatic carbocycles. The van der Waals surface area contributed by atoms with E-state index in [0.29, 0.717) is 9.49 Å². The third-order valence-electron chi connectivity index (χ3n) is 1.71. The van der Waals surface area contributed by atoms with Gasteiger partial charge in [0.05, 0.1) is 11.0 Å². The first kappa shape index (κ1) is 9.45. The van der Waals surface area contributed by atoms with Crippen molar-refractivity contribution in [3.8, 4) is 0 Å². The van der Waals surface area contributed by atoms with E-state index in [1.165, 1.54) is 6.07 Å². The molecule has 0 aliphatic heterocycles. The second kappa shape index (κ2) is 2.94. The van der Waals surface area contributed by atoms with Gasteiger partial charge in [0.15, 0.2) is 0 Å². The highest BCUT2D eigenvalue weighted by molar-refractivity contribution is 7.84. The van der Waals surface area contributed by atoms with Crippen molar-refractivity contribution < 1.29 is 13.0 Å². The number of benzene rings is 1. The maximum atomic E-state index is 10.9. The largest absolute Gasteiger partial charge is 0.366 e. The van der Waals surface area contributed by atoms with Gasteiger partial charge >= 0.3 is 10.3 Å². The zero-order valence-electron chi connectivity index (χ0n) is 6.75. The summed E-state index contributed by atoms with van der Waals surface area (Å²) in [4.78, 5) is 3.77. The van der Waals surface area contributed by atoms with E-state index >= 15 is 0 Å². The Labute approximate surface area is 84.8 Å². The van der Waals surface area contributed by atoms with Crippen molar-refractivity contribution in [2.75, 3.05) is 0 Å². The van der Waals surface area contributed by atoms with E-state index in [1.807, 2.05) is 0 Å². The zero-order chi connectivity index (χ0) is 10.3. The number of imidazole rings is 1. The van der Waals surface area contributed by atoms with Crippen LogP contribution in [0.25, 0.3) is 11.0 Å². The van der Waals surface area contributed by atoms with Gasteiger partial charge in [0.2, 0.25) is 5.28 Å². The quantitative estimate of drug-likeness (QED) is 0.753. The molecule has 0 saturated carbocycles. The first-order valence-electron chi connectivity index (χ1n) is 3.61. The molecule has 0 atom stereocenters. The van der Waals surface area contributed by atoms with Crippen molar-refractivity contribution in [3.05, 3.63) is 29.5 Å². The lowest BCUT2D eigenvalue weighted by Gasteiger charge is -1.98. The molecule has 1 N–H and O–H groups in total. The van der Waals surface area contributed by atoms with E-state index in [0.717, 1.165) is 0 Å². The van der Waals surface area contributed by atoms with Crippen LogP contribution >= 0.6 is 11.6 Å². The Kier molecular flexibility index (Phi) is 1.99. The number of para-hydroxylation sites is 2. The van der Waals surface area contributed by atoms with Gasteiger partial charge in [-0.15, -0.1) is 0 Å². The van der Waals surface area contributed by atoms with Crippen LogP contribution in [-0.2, 0) is 10.3 Å². The highest BCUT2D eigenvalue weighted by Gasteiger charge is 2.17. The third kappa shape index (κ3) is 1.37. The molecule has 0 fully saturated rings. The van der Waals surface area contributed by atoms with E-state index < -0.39 is 10.3 Å². The molecule has 5 nitrogen and oxygen atoms in total. The monoisotopic (exact) mass is 232 g/mol. The topological polar surface area (TPSA) is 72.2 Å². The SMILES string of the molecule is O=S(=O)(O)n1c(Cl)nc2ccccc21. The number of nitrogens with zero attached hydrogens (tertiary/aromatic N) is 2. The van der Waals surface area contributed by atoms with Gasteiger partial charge in [-0.1, -0.05) is 12.1 Å². The molecule has 1 aromatic heterocycles. The van der Waals surface area contributed by atoms with E-state index in [-0.39, 0.29) is 10.8 Å². The fraction of sp³-hybridized carbons (Fsp3) is 0. The second-order valence-electron chi connectivity index (χ2n) is 2.61. The fourth-order valence-electron chi connectivity index (χ4n) is 1.19. The molecular formula is C7H5ClN2O3S. The van der Waals surface area contributed by atoms with Crippen LogP contribution in [0, 0.1) is 0 Å². The van der Waals surface area contributed by atoms with Crippen molar-refractivity contribution in [1.29, 1.82) is 0 Å². The molecule has 0 spiro atoms. The number of rotatable bonds is 1. The van der Waals surface area contributed by atoms with Crippen molar-refractivity contribution >= 4 is 32.9 Å². The summed E-state index contributed by atoms with van der Waals surface area (Å²) in [5, 5.41) is -0.284. The first-order chi connectivity index (χ1) is 6.50. The number of fused-ring (bicyclic) bond motifs is 1. The Morgan fingerprint density at radius 2 is 2.00 bits per heavy atom. The van der Waals surface area contributed by atoms with E-state index in [1.54, 1.807) is 18.2 Å². The van der Waals surface area contributed by atoms with Crippen molar-refractivity contribution in [2.45, 2.75) is 0 Å². The first-order valence-corrected chi connectivity index (χ1v) is 5.38. The molecule has 2 aromatic rings. The highest BCUT2D eigenvalue weighted by Crippen LogP contribution is 2.20. The van der Waals surface area contributed by atoms with Gasteiger partial charge in [0.1, 0.15) is 0 Å². The Hall–Kier alpha value is -1.11. The van der Waals surface area contributed by atoms with Crippen LogP contribution in [-0.4, -0.2) is 21.9 Å². The Morgan fingerprint density at radius 3 is 2.64 bits per heavy atom. The van der Waals surface area contributed by atoms with Gasteiger partial charge in [-0.05, 0) is 23.7 Å². The molecule has 1 aromatic carbocycles. The molecule has 0 aliphatic rings. The molecule has 0 radical (unpaired) electrons. The third-order valence-corrected chi connectivity index (χ3v) is 2.90. The average Bonchev–Trinajstić information content (AvgIpc) is 2.38. The summed E-state index contributed by atoms with van der Waals surface area (Å²) < 4.78 is 31.3. The number of hydrogen-bond acceptors (Lipinski definition) is 3. The maximum Gasteiger partial charge on any atom is 0.366 e. The summed E-state index contributed by atoms with van der Waals surface area (Å²) in [7, 11) is -4.39. The fourth-order valence-corrected chi connectivity index (χ4v) is 2.27. The molecule has 0 unspecified atom stereocenters. The molecule has 1 heterocycles. The van der Waals surface area contributed by atoms with E-state index in [2.05, 4.69) is 4.98 Å². The minimum absolute atomic E-state index is 0.250. The summed E-state index contributed by atoms with van der Waals surface area (Å²) in [6, 6.07) is 6.42. The van der Waals surface area contributed by atoms with E-state index in [4.69, 9.17) is 16.2 Å². The summed E-state index contributed by atoms with van der Waals surface area (Å²) >= 11 is 5.56. The van der Waals surface area contributed by atoms with Crippen LogP contribution in [0.4, 0.5) is 0 Å². The Morgan fingerprint density at radius 1 is 1.36 bits per heavy atom. The molecule has 0 amide bonds. The van der Waals surface area contributed by atoms with Crippen LogP contribution < -0.4 is 0 Å². The van der Waals surface area contributed by atoms with Crippen molar-refractivity contribution in [1.82, 2.24) is 8.96 Å². The standard InChI is InChI=1S/C7H5ClN2O3S/c8-7-9-5-3-1-2-4-6(5)10(7)14(11,12)13/h1-4H,(H,11,12,13). The van der Waals surface area contributed by atoms with Crippen LogP contribution in [0.2, 0.25) is 5.28 Å². The molecule has 0 bridgehead atoms. The van der Waals surface area contributed by atoms with Crippen LogP contribution in [0.5, 0.6) is 0 Å². The Bertz CT molecular complexity index is 590. The number of hydrogen-bond donors (Lipinski definition) is 1. The average molecular weight is 233 g/mol. The molecule has 14 heavy (non-hydrogen) atoms. The normalized spacial score (nSPS) is 12.1. The number of halogens is 1. The van der Waals surface area contributed by atoms with E-state index in [9.17, 15) is 8.42 Å².